The molecular weight excluding hydrogens is 370 g/mol. The van der Waals surface area contributed by atoms with E-state index >= 15 is 0 Å². The first-order valence-corrected chi connectivity index (χ1v) is 10.6. The number of benzene rings is 1. The number of likely N-dealkylation sites (tertiary alicyclic amines) is 1. The number of carbonyl (C=O) groups is 1. The first kappa shape index (κ1) is 20.0. The highest BCUT2D eigenvalue weighted by molar-refractivity contribution is 5.85. The average molecular weight is 399 g/mol. The van der Waals surface area contributed by atoms with Gasteiger partial charge in [0.25, 0.3) is 5.91 Å². The van der Waals surface area contributed by atoms with Crippen molar-refractivity contribution in [1.29, 1.82) is 0 Å². The van der Waals surface area contributed by atoms with Crippen molar-refractivity contribution in [3.05, 3.63) is 39.7 Å². The Labute approximate surface area is 170 Å². The maximum absolute atomic E-state index is 12.9. The largest absolute Gasteiger partial charge is 0.480 e. The Morgan fingerprint density at radius 3 is 2.66 bits per heavy atom. The van der Waals surface area contributed by atoms with E-state index in [1.165, 1.54) is 0 Å². The zero-order valence-corrected chi connectivity index (χ0v) is 17.3. The minimum atomic E-state index is -0.625. The molecule has 6 heteroatoms. The lowest BCUT2D eigenvalue weighted by molar-refractivity contribution is -0.137. The van der Waals surface area contributed by atoms with Crippen molar-refractivity contribution >= 4 is 16.9 Å². The number of carbonyl (C=O) groups excluding carboxylic acids is 1. The van der Waals surface area contributed by atoms with E-state index < -0.39 is 6.10 Å². The van der Waals surface area contributed by atoms with Gasteiger partial charge in [-0.1, -0.05) is 13.3 Å². The summed E-state index contributed by atoms with van der Waals surface area (Å²) in [5.41, 5.74) is 1.88. The number of fused-ring (bicyclic) bond motifs is 2. The highest BCUT2D eigenvalue weighted by Gasteiger charge is 2.42. The molecule has 6 nitrogen and oxygen atoms in total. The van der Waals surface area contributed by atoms with Crippen molar-refractivity contribution < 1.29 is 19.1 Å². The molecule has 4 rings (SSSR count). The molecule has 1 aliphatic heterocycles. The van der Waals surface area contributed by atoms with Crippen LogP contribution in [-0.2, 0) is 11.2 Å². The second-order valence-corrected chi connectivity index (χ2v) is 8.55. The maximum Gasteiger partial charge on any atom is 0.336 e. The van der Waals surface area contributed by atoms with Crippen LogP contribution in [0.3, 0.4) is 0 Å². The number of hydrogen-bond acceptors (Lipinski definition) is 5. The summed E-state index contributed by atoms with van der Waals surface area (Å²) < 4.78 is 11.5. The van der Waals surface area contributed by atoms with Crippen molar-refractivity contribution in [1.82, 2.24) is 4.90 Å². The number of nitrogens with zero attached hydrogens (tertiary/aromatic N) is 1. The Morgan fingerprint density at radius 1 is 1.31 bits per heavy atom. The van der Waals surface area contributed by atoms with E-state index in [2.05, 4.69) is 6.92 Å². The van der Waals surface area contributed by atoms with Crippen molar-refractivity contribution in [2.45, 2.75) is 58.7 Å². The predicted molar refractivity (Wildman–Crippen MR) is 110 cm³/mol. The summed E-state index contributed by atoms with van der Waals surface area (Å²) in [7, 11) is 0. The van der Waals surface area contributed by atoms with Crippen LogP contribution in [0.4, 0.5) is 0 Å². The molecule has 156 valence electrons. The van der Waals surface area contributed by atoms with Gasteiger partial charge in [-0.25, -0.2) is 4.79 Å². The van der Waals surface area contributed by atoms with Gasteiger partial charge in [0, 0.05) is 30.1 Å². The second-order valence-electron chi connectivity index (χ2n) is 8.55. The van der Waals surface area contributed by atoms with Crippen LogP contribution < -0.4 is 10.4 Å². The third-order valence-electron chi connectivity index (χ3n) is 6.41. The first-order chi connectivity index (χ1) is 13.9. The minimum Gasteiger partial charge on any atom is -0.480 e. The third-order valence-corrected chi connectivity index (χ3v) is 6.41. The lowest BCUT2D eigenvalue weighted by atomic mass is 10.0. The molecule has 29 heavy (non-hydrogen) atoms. The van der Waals surface area contributed by atoms with Gasteiger partial charge in [0.2, 0.25) is 0 Å². The van der Waals surface area contributed by atoms with Gasteiger partial charge < -0.3 is 19.2 Å². The average Bonchev–Trinajstić information content (AvgIpc) is 3.21. The van der Waals surface area contributed by atoms with Crippen LogP contribution in [0.25, 0.3) is 11.0 Å². The van der Waals surface area contributed by atoms with Gasteiger partial charge in [-0.15, -0.1) is 0 Å². The van der Waals surface area contributed by atoms with E-state index in [0.29, 0.717) is 36.3 Å². The molecule has 2 aromatic rings. The molecule has 1 amide bonds. The molecule has 0 spiro atoms. The number of aryl methyl sites for hydroxylation is 2. The molecule has 2 unspecified atom stereocenters. The molecule has 1 aromatic heterocycles. The van der Waals surface area contributed by atoms with Gasteiger partial charge in [-0.3, -0.25) is 4.79 Å². The Balaban J connectivity index is 1.52. The lowest BCUT2D eigenvalue weighted by Gasteiger charge is -2.23. The Hall–Kier alpha value is -2.34. The normalized spacial score (nSPS) is 24.7. The number of rotatable bonds is 5. The fraction of sp³-hybridized carbons (Fsp3) is 0.565. The van der Waals surface area contributed by atoms with Crippen LogP contribution in [0.1, 0.15) is 44.2 Å². The summed E-state index contributed by atoms with van der Waals surface area (Å²) in [5.74, 6) is 1.32. The van der Waals surface area contributed by atoms with Gasteiger partial charge >= 0.3 is 5.63 Å². The van der Waals surface area contributed by atoms with E-state index in [-0.39, 0.29) is 17.6 Å². The maximum atomic E-state index is 12.9. The summed E-state index contributed by atoms with van der Waals surface area (Å²) >= 11 is 0. The van der Waals surface area contributed by atoms with Gasteiger partial charge in [-0.2, -0.15) is 0 Å². The number of aliphatic hydroxyl groups is 1. The van der Waals surface area contributed by atoms with Crippen LogP contribution in [0.2, 0.25) is 0 Å². The molecule has 2 aliphatic rings. The summed E-state index contributed by atoms with van der Waals surface area (Å²) in [5, 5.41) is 10.7. The van der Waals surface area contributed by atoms with Crippen molar-refractivity contribution in [2.75, 3.05) is 13.1 Å². The predicted octanol–water partition coefficient (Wildman–Crippen LogP) is 3.05. The van der Waals surface area contributed by atoms with Crippen molar-refractivity contribution in [3.8, 4) is 5.75 Å². The summed E-state index contributed by atoms with van der Waals surface area (Å²) in [4.78, 5) is 26.7. The SMILES string of the molecule is CCCc1cc(=O)oc2c(C)c(OC(C)C(=O)N3C[C@H]4CC(O)C[C@H]4C3)ccc12. The topological polar surface area (TPSA) is 80.0 Å². The molecule has 4 atom stereocenters. The summed E-state index contributed by atoms with van der Waals surface area (Å²) in [6.07, 6.45) is 2.47. The molecule has 1 saturated carbocycles. The van der Waals surface area contributed by atoms with Gasteiger partial charge in [0.15, 0.2) is 6.10 Å². The molecule has 1 saturated heterocycles. The fourth-order valence-electron chi connectivity index (χ4n) is 4.96. The zero-order chi connectivity index (χ0) is 20.7. The van der Waals surface area contributed by atoms with E-state index in [1.54, 1.807) is 13.0 Å². The van der Waals surface area contributed by atoms with Crippen LogP contribution in [0, 0.1) is 18.8 Å². The number of hydrogen-bond donors (Lipinski definition) is 1. The minimum absolute atomic E-state index is 0.0328. The van der Waals surface area contributed by atoms with Crippen molar-refractivity contribution in [2.24, 2.45) is 11.8 Å². The highest BCUT2D eigenvalue weighted by Crippen LogP contribution is 2.38. The van der Waals surface area contributed by atoms with Gasteiger partial charge in [0.1, 0.15) is 11.3 Å². The Bertz CT molecular complexity index is 967. The molecule has 2 heterocycles. The van der Waals surface area contributed by atoms with Crippen LogP contribution >= 0.6 is 0 Å². The Kier molecular flexibility index (Phi) is 5.38. The van der Waals surface area contributed by atoms with E-state index in [9.17, 15) is 14.7 Å². The summed E-state index contributed by atoms with van der Waals surface area (Å²) in [6, 6.07) is 5.32. The van der Waals surface area contributed by atoms with Crippen LogP contribution in [0.5, 0.6) is 5.75 Å². The molecule has 2 fully saturated rings. The fourth-order valence-corrected chi connectivity index (χ4v) is 4.96. The molecule has 0 radical (unpaired) electrons. The zero-order valence-electron chi connectivity index (χ0n) is 17.3. The standard InChI is InChI=1S/C23H29NO5/c1-4-5-15-10-21(26)29-22-13(2)20(7-6-19(15)22)28-14(3)23(27)24-11-16-8-18(25)9-17(16)12-24/h6-7,10,14,16-18,25H,4-5,8-9,11-12H2,1-3H3/t14?,16-,17+,18?. The lowest BCUT2D eigenvalue weighted by Crippen LogP contribution is -2.40. The molecular formula is C23H29NO5. The molecule has 0 bridgehead atoms. The van der Waals surface area contributed by atoms with Gasteiger partial charge in [0.05, 0.1) is 6.10 Å². The van der Waals surface area contributed by atoms with Crippen LogP contribution in [-0.4, -0.2) is 41.2 Å². The van der Waals surface area contributed by atoms with Crippen molar-refractivity contribution in [3.63, 3.8) is 0 Å². The van der Waals surface area contributed by atoms with E-state index in [4.69, 9.17) is 9.15 Å². The van der Waals surface area contributed by atoms with Crippen LogP contribution in [0.15, 0.2) is 27.4 Å². The first-order valence-electron chi connectivity index (χ1n) is 10.6. The van der Waals surface area contributed by atoms with Gasteiger partial charge in [-0.05, 0) is 62.6 Å². The number of aliphatic hydroxyl groups excluding tert-OH is 1. The second kappa shape index (κ2) is 7.82. The number of amides is 1. The highest BCUT2D eigenvalue weighted by atomic mass is 16.5. The smallest absolute Gasteiger partial charge is 0.336 e. The molecule has 1 aliphatic carbocycles. The van der Waals surface area contributed by atoms with E-state index in [0.717, 1.165) is 42.2 Å². The molecule has 1 N–H and O–H groups in total. The summed E-state index contributed by atoms with van der Waals surface area (Å²) in [6.45, 7) is 7.08. The third kappa shape index (κ3) is 3.78. The molecule has 1 aromatic carbocycles. The Morgan fingerprint density at radius 2 is 2.00 bits per heavy atom. The quantitative estimate of drug-likeness (QED) is 0.782. The number of ether oxygens (including phenoxy) is 1. The van der Waals surface area contributed by atoms with E-state index in [1.807, 2.05) is 24.0 Å². The monoisotopic (exact) mass is 399 g/mol.